The topological polar surface area (TPSA) is 71.4 Å². The molecule has 0 bridgehead atoms. The number of aryl methyl sites for hydroxylation is 1. The number of pyridine rings is 1. The summed E-state index contributed by atoms with van der Waals surface area (Å²) in [4.78, 5) is 14.3. The molecule has 0 radical (unpaired) electrons. The zero-order valence-electron chi connectivity index (χ0n) is 14.9. The quantitative estimate of drug-likeness (QED) is 0.349. The molecule has 2 aromatic heterocycles. The van der Waals surface area contributed by atoms with Gasteiger partial charge in [-0.2, -0.15) is 0 Å². The smallest absolute Gasteiger partial charge is 0.218 e. The molecule has 2 heterocycles. The molecule has 2 rings (SSSR count). The number of ether oxygens (including phenoxy) is 1. The van der Waals surface area contributed by atoms with Crippen LogP contribution in [0.3, 0.4) is 0 Å². The summed E-state index contributed by atoms with van der Waals surface area (Å²) in [6.45, 7) is 6.11. The number of hydrogen-bond donors (Lipinski definition) is 2. The van der Waals surface area contributed by atoms with Crippen LogP contribution in [0.25, 0.3) is 0 Å². The van der Waals surface area contributed by atoms with Gasteiger partial charge < -0.3 is 15.4 Å². The van der Waals surface area contributed by atoms with Crippen molar-refractivity contribution in [1.82, 2.24) is 20.6 Å². The largest absolute Gasteiger partial charge is 0.478 e. The number of aliphatic imine (C=N–C) groups is 1. The third-order valence-corrected chi connectivity index (χ3v) is 4.58. The van der Waals surface area contributed by atoms with Crippen molar-refractivity contribution in [1.29, 1.82) is 0 Å². The first-order valence-corrected chi connectivity index (χ1v) is 9.03. The van der Waals surface area contributed by atoms with Crippen LogP contribution in [-0.4, -0.2) is 36.1 Å². The molecule has 25 heavy (non-hydrogen) atoms. The zero-order chi connectivity index (χ0) is 17.2. The normalized spacial score (nSPS) is 10.9. The van der Waals surface area contributed by atoms with Crippen molar-refractivity contribution >= 4 is 41.3 Å². The molecule has 0 atom stereocenters. The molecule has 6 nitrogen and oxygen atoms in total. The number of guanidine groups is 1. The van der Waals surface area contributed by atoms with Gasteiger partial charge in [0.2, 0.25) is 5.88 Å². The van der Waals surface area contributed by atoms with E-state index >= 15 is 0 Å². The second-order valence-electron chi connectivity index (χ2n) is 5.08. The summed E-state index contributed by atoms with van der Waals surface area (Å²) < 4.78 is 5.54. The molecule has 0 saturated heterocycles. The van der Waals surface area contributed by atoms with Crippen molar-refractivity contribution in [3.05, 3.63) is 40.0 Å². The van der Waals surface area contributed by atoms with Crippen molar-refractivity contribution in [2.24, 2.45) is 4.99 Å². The van der Waals surface area contributed by atoms with E-state index in [2.05, 4.69) is 32.5 Å². The monoisotopic (exact) mass is 475 g/mol. The third-order valence-electron chi connectivity index (χ3n) is 3.38. The van der Waals surface area contributed by atoms with Gasteiger partial charge in [0.05, 0.1) is 11.6 Å². The molecule has 0 aliphatic carbocycles. The molecule has 8 heteroatoms. The first kappa shape index (κ1) is 21.6. The summed E-state index contributed by atoms with van der Waals surface area (Å²) in [5.41, 5.74) is 1.01. The third kappa shape index (κ3) is 7.15. The van der Waals surface area contributed by atoms with Crippen LogP contribution in [0.4, 0.5) is 0 Å². The Labute approximate surface area is 170 Å². The van der Waals surface area contributed by atoms with Gasteiger partial charge in [0.15, 0.2) is 5.96 Å². The Kier molecular flexibility index (Phi) is 10.4. The Morgan fingerprint density at radius 1 is 1.28 bits per heavy atom. The number of halogens is 1. The predicted molar refractivity (Wildman–Crippen MR) is 114 cm³/mol. The molecular weight excluding hydrogens is 449 g/mol. The maximum atomic E-state index is 5.54. The molecule has 0 saturated carbocycles. The molecular formula is C17H26IN5OS. The second kappa shape index (κ2) is 12.0. The van der Waals surface area contributed by atoms with Crippen molar-refractivity contribution in [2.75, 3.05) is 20.2 Å². The molecule has 0 amide bonds. The van der Waals surface area contributed by atoms with Crippen LogP contribution in [0.2, 0.25) is 0 Å². The van der Waals surface area contributed by atoms with Crippen LogP contribution >= 0.6 is 35.3 Å². The summed E-state index contributed by atoms with van der Waals surface area (Å²) >= 11 is 1.77. The highest BCUT2D eigenvalue weighted by atomic mass is 127. The lowest BCUT2D eigenvalue weighted by atomic mass is 10.2. The average Bonchev–Trinajstić information content (AvgIpc) is 3.07. The van der Waals surface area contributed by atoms with Gasteiger partial charge in [0.1, 0.15) is 0 Å². The minimum absolute atomic E-state index is 0. The van der Waals surface area contributed by atoms with E-state index in [9.17, 15) is 0 Å². The Balaban J connectivity index is 0.00000312. The lowest BCUT2D eigenvalue weighted by Crippen LogP contribution is -2.37. The molecule has 0 unspecified atom stereocenters. The summed E-state index contributed by atoms with van der Waals surface area (Å²) in [5, 5.41) is 7.75. The Hall–Kier alpha value is -1.42. The fourth-order valence-corrected chi connectivity index (χ4v) is 3.00. The van der Waals surface area contributed by atoms with Crippen molar-refractivity contribution < 1.29 is 4.74 Å². The first-order chi connectivity index (χ1) is 11.8. The maximum absolute atomic E-state index is 5.54. The number of thiazole rings is 1. The highest BCUT2D eigenvalue weighted by molar-refractivity contribution is 14.0. The minimum atomic E-state index is 0. The zero-order valence-corrected chi connectivity index (χ0v) is 18.1. The van der Waals surface area contributed by atoms with Gasteiger partial charge in [-0.1, -0.05) is 13.0 Å². The van der Waals surface area contributed by atoms with Gasteiger partial charge in [0.25, 0.3) is 0 Å². The number of hydrogen-bond acceptors (Lipinski definition) is 5. The molecule has 0 aromatic carbocycles. The lowest BCUT2D eigenvalue weighted by Gasteiger charge is -2.13. The Bertz CT molecular complexity index is 662. The van der Waals surface area contributed by atoms with Gasteiger partial charge in [-0.3, -0.25) is 4.99 Å². The summed E-state index contributed by atoms with van der Waals surface area (Å²) in [7, 11) is 1.76. The molecule has 0 fully saturated rings. The van der Waals surface area contributed by atoms with Gasteiger partial charge in [-0.15, -0.1) is 35.3 Å². The second-order valence-corrected chi connectivity index (χ2v) is 6.28. The fourth-order valence-electron chi connectivity index (χ4n) is 2.14. The number of rotatable bonds is 8. The summed E-state index contributed by atoms with van der Waals surface area (Å²) in [6, 6.07) is 3.91. The fraction of sp³-hybridized carbons (Fsp3) is 0.471. The van der Waals surface area contributed by atoms with E-state index in [0.717, 1.165) is 35.9 Å². The minimum Gasteiger partial charge on any atom is -0.478 e. The van der Waals surface area contributed by atoms with E-state index in [1.807, 2.05) is 25.3 Å². The van der Waals surface area contributed by atoms with Crippen LogP contribution in [0.5, 0.6) is 5.88 Å². The van der Waals surface area contributed by atoms with E-state index in [-0.39, 0.29) is 24.0 Å². The van der Waals surface area contributed by atoms with E-state index in [1.165, 1.54) is 4.88 Å². The summed E-state index contributed by atoms with van der Waals surface area (Å²) in [6.07, 6.45) is 5.63. The van der Waals surface area contributed by atoms with Crippen LogP contribution < -0.4 is 15.4 Å². The van der Waals surface area contributed by atoms with Crippen LogP contribution in [0.15, 0.2) is 29.5 Å². The molecule has 138 valence electrons. The summed E-state index contributed by atoms with van der Waals surface area (Å²) in [5.74, 6) is 1.42. The molecule has 0 aliphatic heterocycles. The Morgan fingerprint density at radius 3 is 2.80 bits per heavy atom. The highest BCUT2D eigenvalue weighted by Crippen LogP contribution is 2.14. The van der Waals surface area contributed by atoms with Crippen LogP contribution in [0.1, 0.15) is 29.3 Å². The highest BCUT2D eigenvalue weighted by Gasteiger charge is 2.06. The molecule has 0 spiro atoms. The van der Waals surface area contributed by atoms with E-state index in [1.54, 1.807) is 24.6 Å². The molecule has 2 aromatic rings. The van der Waals surface area contributed by atoms with Gasteiger partial charge in [0, 0.05) is 49.4 Å². The Morgan fingerprint density at radius 2 is 2.12 bits per heavy atom. The number of nitrogens with zero attached hydrogens (tertiary/aromatic N) is 3. The molecule has 2 N–H and O–H groups in total. The van der Waals surface area contributed by atoms with E-state index < -0.39 is 0 Å². The van der Waals surface area contributed by atoms with Gasteiger partial charge >= 0.3 is 0 Å². The van der Waals surface area contributed by atoms with Crippen molar-refractivity contribution in [3.8, 4) is 5.88 Å². The molecule has 0 aliphatic rings. The predicted octanol–water partition coefficient (Wildman–Crippen LogP) is 3.02. The lowest BCUT2D eigenvalue weighted by molar-refractivity contribution is 0.322. The van der Waals surface area contributed by atoms with E-state index in [0.29, 0.717) is 19.0 Å². The van der Waals surface area contributed by atoms with Crippen LogP contribution in [0, 0.1) is 0 Å². The van der Waals surface area contributed by atoms with Crippen molar-refractivity contribution in [3.63, 3.8) is 0 Å². The maximum Gasteiger partial charge on any atom is 0.218 e. The standard InChI is InChI=1S/C17H25N5OS.HI/c1-4-14-12-21-15(24-14)8-10-20-17(18-3)22-11-13-7-6-9-19-16(13)23-5-2;/h6-7,9,12H,4-5,8,10-11H2,1-3H3,(H2,18,20,22);1H. The van der Waals surface area contributed by atoms with E-state index in [4.69, 9.17) is 4.74 Å². The number of nitrogens with one attached hydrogen (secondary N) is 2. The van der Waals surface area contributed by atoms with Gasteiger partial charge in [-0.25, -0.2) is 9.97 Å². The van der Waals surface area contributed by atoms with Gasteiger partial charge in [-0.05, 0) is 19.4 Å². The first-order valence-electron chi connectivity index (χ1n) is 8.21. The SMILES string of the molecule is CCOc1ncccc1CNC(=NC)NCCc1ncc(CC)s1.I. The average molecular weight is 475 g/mol. The van der Waals surface area contributed by atoms with Crippen molar-refractivity contribution in [2.45, 2.75) is 33.2 Å². The number of aromatic nitrogens is 2. The van der Waals surface area contributed by atoms with Crippen LogP contribution in [-0.2, 0) is 19.4 Å².